The fourth-order valence-corrected chi connectivity index (χ4v) is 2.43. The van der Waals surface area contributed by atoms with Crippen molar-refractivity contribution in [2.75, 3.05) is 6.61 Å². The molecule has 1 atom stereocenters. The van der Waals surface area contributed by atoms with E-state index in [1.165, 1.54) is 6.08 Å². The molecule has 7 heteroatoms. The molecule has 1 aromatic rings. The second-order valence-corrected chi connectivity index (χ2v) is 4.88. The van der Waals surface area contributed by atoms with Crippen molar-refractivity contribution in [1.29, 1.82) is 0 Å². The smallest absolute Gasteiger partial charge is 0.312 e. The van der Waals surface area contributed by atoms with E-state index in [0.29, 0.717) is 0 Å². The highest BCUT2D eigenvalue weighted by molar-refractivity contribution is 5.79. The quantitative estimate of drug-likeness (QED) is 0.280. The first-order valence-electron chi connectivity index (χ1n) is 6.12. The third kappa shape index (κ3) is 2.41. The molecule has 1 aliphatic rings. The normalized spacial score (nSPS) is 21.5. The lowest BCUT2D eigenvalue weighted by molar-refractivity contribution is -0.146. The van der Waals surface area contributed by atoms with Crippen molar-refractivity contribution in [3.63, 3.8) is 0 Å². The van der Waals surface area contributed by atoms with E-state index < -0.39 is 52.5 Å². The number of allylic oxidation sites excluding steroid dienone is 1. The molecule has 1 aliphatic heterocycles. The molecule has 1 heterocycles. The number of carbonyl (C=O) groups is 1. The van der Waals surface area contributed by atoms with Gasteiger partial charge in [-0.1, -0.05) is 6.08 Å². The van der Waals surface area contributed by atoms with Crippen molar-refractivity contribution in [2.24, 2.45) is 5.41 Å². The lowest BCUT2D eigenvalue weighted by atomic mass is 9.77. The predicted molar refractivity (Wildman–Crippen MR) is 62.8 cm³/mol. The van der Waals surface area contributed by atoms with E-state index in [9.17, 15) is 26.7 Å². The molecule has 21 heavy (non-hydrogen) atoms. The number of rotatable bonds is 4. The molecule has 0 saturated carbocycles. The maximum Gasteiger partial charge on any atom is 0.312 e. The molecule has 1 unspecified atom stereocenters. The molecule has 0 amide bonds. The third-order valence-corrected chi connectivity index (χ3v) is 3.60. The number of hydrogen-bond acceptors (Lipinski definition) is 2. The summed E-state index contributed by atoms with van der Waals surface area (Å²) in [6.45, 7) is 3.47. The second-order valence-electron chi connectivity index (χ2n) is 4.88. The Labute approximate surface area is 117 Å². The molecular formula is C14H11F5O2. The molecule has 0 aliphatic carbocycles. The van der Waals surface area contributed by atoms with Crippen LogP contribution in [0.3, 0.4) is 0 Å². The lowest BCUT2D eigenvalue weighted by Gasteiger charge is -2.23. The van der Waals surface area contributed by atoms with Gasteiger partial charge in [0, 0.05) is 5.56 Å². The second kappa shape index (κ2) is 5.46. The molecule has 1 fully saturated rings. The third-order valence-electron chi connectivity index (χ3n) is 3.60. The highest BCUT2D eigenvalue weighted by atomic mass is 19.2. The number of hydrogen-bond donors (Lipinski definition) is 0. The van der Waals surface area contributed by atoms with Crippen molar-refractivity contribution in [3.8, 4) is 0 Å². The maximum absolute atomic E-state index is 13.7. The fourth-order valence-electron chi connectivity index (χ4n) is 2.43. The first kappa shape index (κ1) is 15.5. The number of benzene rings is 1. The number of ether oxygens (including phenoxy) is 1. The van der Waals surface area contributed by atoms with Crippen molar-refractivity contribution in [2.45, 2.75) is 19.3 Å². The summed E-state index contributed by atoms with van der Waals surface area (Å²) in [5.74, 6) is -10.8. The average molecular weight is 306 g/mol. The average Bonchev–Trinajstić information content (AvgIpc) is 2.81. The van der Waals surface area contributed by atoms with Gasteiger partial charge in [-0.05, 0) is 19.3 Å². The van der Waals surface area contributed by atoms with Crippen LogP contribution in [0.25, 0.3) is 0 Å². The van der Waals surface area contributed by atoms with Crippen molar-refractivity contribution < 1.29 is 31.5 Å². The van der Waals surface area contributed by atoms with E-state index >= 15 is 0 Å². The van der Waals surface area contributed by atoms with Gasteiger partial charge < -0.3 is 4.74 Å². The van der Waals surface area contributed by atoms with Crippen molar-refractivity contribution in [3.05, 3.63) is 47.3 Å². The number of halogens is 5. The topological polar surface area (TPSA) is 26.3 Å². The zero-order chi connectivity index (χ0) is 15.8. The number of cyclic esters (lactones) is 1. The summed E-state index contributed by atoms with van der Waals surface area (Å²) in [7, 11) is 0. The van der Waals surface area contributed by atoms with Crippen molar-refractivity contribution >= 4 is 5.97 Å². The van der Waals surface area contributed by atoms with E-state index in [4.69, 9.17) is 4.74 Å². The van der Waals surface area contributed by atoms with Gasteiger partial charge in [0.1, 0.15) is 0 Å². The lowest BCUT2D eigenvalue weighted by Crippen LogP contribution is -2.30. The van der Waals surface area contributed by atoms with Crippen LogP contribution in [0, 0.1) is 34.5 Å². The Hall–Kier alpha value is -1.92. The van der Waals surface area contributed by atoms with Gasteiger partial charge in [0.25, 0.3) is 0 Å². The SMILES string of the molecule is C=CCC1(Cc2c(F)c(F)c(F)c(F)c2F)CCOC1=O. The standard InChI is InChI=1S/C14H11F5O2/c1-2-3-14(4-5-21-13(14)20)6-7-8(15)10(17)12(19)11(18)9(7)16/h2H,1,3-6H2. The van der Waals surface area contributed by atoms with Crippen LogP contribution in [-0.2, 0) is 16.0 Å². The molecule has 1 saturated heterocycles. The Kier molecular flexibility index (Phi) is 4.02. The zero-order valence-electron chi connectivity index (χ0n) is 10.8. The molecule has 1 aromatic carbocycles. The Bertz CT molecular complexity index is 585. The van der Waals surface area contributed by atoms with Crippen LogP contribution in [0.4, 0.5) is 22.0 Å². The molecule has 2 nitrogen and oxygen atoms in total. The molecule has 0 aromatic heterocycles. The first-order chi connectivity index (χ1) is 9.84. The summed E-state index contributed by atoms with van der Waals surface area (Å²) >= 11 is 0. The summed E-state index contributed by atoms with van der Waals surface area (Å²) in [5, 5.41) is 0. The zero-order valence-corrected chi connectivity index (χ0v) is 10.8. The summed E-state index contributed by atoms with van der Waals surface area (Å²) in [4.78, 5) is 11.8. The van der Waals surface area contributed by atoms with Crippen LogP contribution in [0.15, 0.2) is 12.7 Å². The van der Waals surface area contributed by atoms with E-state index in [-0.39, 0.29) is 19.4 Å². The predicted octanol–water partition coefficient (Wildman–Crippen LogP) is 3.43. The van der Waals surface area contributed by atoms with E-state index in [2.05, 4.69) is 6.58 Å². The van der Waals surface area contributed by atoms with E-state index in [1.54, 1.807) is 0 Å². The van der Waals surface area contributed by atoms with Crippen LogP contribution in [0.1, 0.15) is 18.4 Å². The van der Waals surface area contributed by atoms with Gasteiger partial charge in [0.15, 0.2) is 23.3 Å². The molecule has 0 spiro atoms. The Morgan fingerprint density at radius 3 is 2.00 bits per heavy atom. The number of carbonyl (C=O) groups excluding carboxylic acids is 1. The first-order valence-corrected chi connectivity index (χ1v) is 6.12. The van der Waals surface area contributed by atoms with Crippen LogP contribution >= 0.6 is 0 Å². The Morgan fingerprint density at radius 2 is 1.57 bits per heavy atom. The molecule has 0 radical (unpaired) electrons. The van der Waals surface area contributed by atoms with Gasteiger partial charge in [0.05, 0.1) is 12.0 Å². The summed E-state index contributed by atoms with van der Waals surface area (Å²) < 4.78 is 71.5. The summed E-state index contributed by atoms with van der Waals surface area (Å²) in [6.07, 6.45) is 0.852. The molecule has 114 valence electrons. The van der Waals surface area contributed by atoms with Crippen molar-refractivity contribution in [1.82, 2.24) is 0 Å². The van der Waals surface area contributed by atoms with Crippen LogP contribution < -0.4 is 0 Å². The van der Waals surface area contributed by atoms with E-state index in [1.807, 2.05) is 0 Å². The van der Waals surface area contributed by atoms with Crippen LogP contribution in [0.5, 0.6) is 0 Å². The minimum atomic E-state index is -2.22. The molecule has 0 N–H and O–H groups in total. The van der Waals surface area contributed by atoms with Gasteiger partial charge in [0.2, 0.25) is 5.82 Å². The molecule has 0 bridgehead atoms. The maximum atomic E-state index is 13.7. The number of esters is 1. The summed E-state index contributed by atoms with van der Waals surface area (Å²) in [5.41, 5.74) is -2.35. The highest BCUT2D eigenvalue weighted by Crippen LogP contribution is 2.39. The molecule has 2 rings (SSSR count). The molecular weight excluding hydrogens is 295 g/mol. The fraction of sp³-hybridized carbons (Fsp3) is 0.357. The summed E-state index contributed by atoms with van der Waals surface area (Å²) in [6, 6.07) is 0. The van der Waals surface area contributed by atoms with Gasteiger partial charge in [-0.2, -0.15) is 0 Å². The van der Waals surface area contributed by atoms with Crippen LogP contribution in [0.2, 0.25) is 0 Å². The highest BCUT2D eigenvalue weighted by Gasteiger charge is 2.45. The minimum absolute atomic E-state index is 0.0192. The van der Waals surface area contributed by atoms with Gasteiger partial charge >= 0.3 is 5.97 Å². The minimum Gasteiger partial charge on any atom is -0.465 e. The van der Waals surface area contributed by atoms with Gasteiger partial charge in [-0.25, -0.2) is 22.0 Å². The monoisotopic (exact) mass is 306 g/mol. The van der Waals surface area contributed by atoms with Gasteiger partial charge in [-0.3, -0.25) is 4.79 Å². The Morgan fingerprint density at radius 1 is 1.05 bits per heavy atom. The largest absolute Gasteiger partial charge is 0.465 e. The van der Waals surface area contributed by atoms with Crippen LogP contribution in [-0.4, -0.2) is 12.6 Å². The Balaban J connectivity index is 2.52. The van der Waals surface area contributed by atoms with E-state index in [0.717, 1.165) is 0 Å². The van der Waals surface area contributed by atoms with Gasteiger partial charge in [-0.15, -0.1) is 6.58 Å².